The molecule has 1 unspecified atom stereocenters. The first kappa shape index (κ1) is 7.97. The summed E-state index contributed by atoms with van der Waals surface area (Å²) >= 11 is 0. The van der Waals surface area contributed by atoms with Gasteiger partial charge in [0.2, 0.25) is 10.9 Å². The molecule has 1 heterocycles. The summed E-state index contributed by atoms with van der Waals surface area (Å²) in [6, 6.07) is 0.355. The van der Waals surface area contributed by atoms with Crippen LogP contribution in [0.15, 0.2) is 0 Å². The third-order valence-electron chi connectivity index (χ3n) is 1.81. The Morgan fingerprint density at radius 1 is 1.60 bits per heavy atom. The van der Waals surface area contributed by atoms with Crippen LogP contribution in [0.25, 0.3) is 0 Å². The average Bonchev–Trinajstić information content (AvgIpc) is 2.34. The van der Waals surface area contributed by atoms with E-state index in [1.54, 1.807) is 0 Å². The van der Waals surface area contributed by atoms with Gasteiger partial charge >= 0.3 is 0 Å². The number of hydrogen-bond acceptors (Lipinski definition) is 3. The van der Waals surface area contributed by atoms with Crippen molar-refractivity contribution in [3.63, 3.8) is 0 Å². The lowest BCUT2D eigenvalue weighted by Gasteiger charge is -2.06. The molecule has 1 rings (SSSR count). The van der Waals surface area contributed by atoms with E-state index in [1.165, 1.54) is 4.31 Å². The topological polar surface area (TPSA) is 49.4 Å². The van der Waals surface area contributed by atoms with Gasteiger partial charge in [-0.15, -0.1) is 0 Å². The Hall–Kier alpha value is -0.130. The van der Waals surface area contributed by atoms with Crippen LogP contribution in [0, 0.1) is 0 Å². The third kappa shape index (κ3) is 1.68. The van der Waals surface area contributed by atoms with E-state index in [9.17, 15) is 8.42 Å². The molecule has 4 nitrogen and oxygen atoms in total. The summed E-state index contributed by atoms with van der Waals surface area (Å²) in [6.45, 7) is 1.30. The standard InChI is InChI=1S/C5H12N2O2S/c1-6-5-2-3-7(4-5)10(8)9/h5-6,10H,2-4H2,1H3. The minimum absolute atomic E-state index is 0.355. The van der Waals surface area contributed by atoms with Crippen molar-refractivity contribution in [3.05, 3.63) is 0 Å². The van der Waals surface area contributed by atoms with Crippen molar-refractivity contribution in [1.82, 2.24) is 9.62 Å². The quantitative estimate of drug-likeness (QED) is 0.504. The van der Waals surface area contributed by atoms with Crippen molar-refractivity contribution in [3.8, 4) is 0 Å². The van der Waals surface area contributed by atoms with Gasteiger partial charge in [0.25, 0.3) is 0 Å². The van der Waals surface area contributed by atoms with Crippen LogP contribution in [0.5, 0.6) is 0 Å². The molecule has 60 valence electrons. The molecule has 10 heavy (non-hydrogen) atoms. The van der Waals surface area contributed by atoms with Crippen molar-refractivity contribution >= 4 is 10.9 Å². The SMILES string of the molecule is CNC1CCN([SH](=O)=O)C1. The Balaban J connectivity index is 2.43. The molecule has 1 aliphatic heterocycles. The summed E-state index contributed by atoms with van der Waals surface area (Å²) in [5.41, 5.74) is 0. The second kappa shape index (κ2) is 3.32. The van der Waals surface area contributed by atoms with Gasteiger partial charge in [-0.2, -0.15) is 0 Å². The molecule has 1 aliphatic rings. The lowest BCUT2D eigenvalue weighted by Crippen LogP contribution is -2.28. The van der Waals surface area contributed by atoms with Gasteiger partial charge in [0.05, 0.1) is 0 Å². The van der Waals surface area contributed by atoms with Gasteiger partial charge in [-0.3, -0.25) is 0 Å². The first-order valence-electron chi connectivity index (χ1n) is 3.30. The second-order valence-electron chi connectivity index (χ2n) is 2.42. The number of nitrogens with zero attached hydrogens (tertiary/aromatic N) is 1. The van der Waals surface area contributed by atoms with Crippen molar-refractivity contribution in [2.24, 2.45) is 0 Å². The largest absolute Gasteiger partial charge is 0.316 e. The third-order valence-corrected chi connectivity index (χ3v) is 2.63. The lowest BCUT2D eigenvalue weighted by molar-refractivity contribution is 0.482. The second-order valence-corrected chi connectivity index (χ2v) is 3.47. The molecule has 1 fully saturated rings. The van der Waals surface area contributed by atoms with E-state index in [-0.39, 0.29) is 0 Å². The summed E-state index contributed by atoms with van der Waals surface area (Å²) in [5, 5.41) is 3.04. The minimum Gasteiger partial charge on any atom is -0.316 e. The Morgan fingerprint density at radius 2 is 2.30 bits per heavy atom. The Morgan fingerprint density at radius 3 is 2.60 bits per heavy atom. The lowest BCUT2D eigenvalue weighted by atomic mass is 10.3. The minimum atomic E-state index is -2.34. The summed E-state index contributed by atoms with van der Waals surface area (Å²) in [6.07, 6.45) is 0.930. The van der Waals surface area contributed by atoms with Crippen LogP contribution in [0.2, 0.25) is 0 Å². The highest BCUT2D eigenvalue weighted by Gasteiger charge is 2.21. The number of rotatable bonds is 2. The van der Waals surface area contributed by atoms with Gasteiger partial charge in [0.1, 0.15) is 0 Å². The Labute approximate surface area is 62.3 Å². The van der Waals surface area contributed by atoms with E-state index >= 15 is 0 Å². The number of nitrogens with one attached hydrogen (secondary N) is 1. The predicted molar refractivity (Wildman–Crippen MR) is 39.4 cm³/mol. The van der Waals surface area contributed by atoms with Crippen LogP contribution in [0.4, 0.5) is 0 Å². The highest BCUT2D eigenvalue weighted by molar-refractivity contribution is 7.69. The van der Waals surface area contributed by atoms with Crippen LogP contribution < -0.4 is 5.32 Å². The number of hydrogen-bond donors (Lipinski definition) is 2. The molecule has 0 aliphatic carbocycles. The molecule has 1 N–H and O–H groups in total. The van der Waals surface area contributed by atoms with Crippen LogP contribution >= 0.6 is 0 Å². The van der Waals surface area contributed by atoms with Crippen molar-refractivity contribution < 1.29 is 8.42 Å². The van der Waals surface area contributed by atoms with Gasteiger partial charge in [-0.1, -0.05) is 0 Å². The van der Waals surface area contributed by atoms with Gasteiger partial charge in [0.15, 0.2) is 0 Å². The summed E-state index contributed by atoms with van der Waals surface area (Å²) in [4.78, 5) is 0. The predicted octanol–water partition coefficient (Wildman–Crippen LogP) is -1.19. The number of likely N-dealkylation sites (N-methyl/N-ethyl adjacent to an activating group) is 1. The fraction of sp³-hybridized carbons (Fsp3) is 1.00. The van der Waals surface area contributed by atoms with Crippen LogP contribution in [-0.4, -0.2) is 38.9 Å². The zero-order valence-electron chi connectivity index (χ0n) is 5.91. The van der Waals surface area contributed by atoms with Gasteiger partial charge in [-0.25, -0.2) is 12.7 Å². The molecule has 1 atom stereocenters. The monoisotopic (exact) mass is 164 g/mol. The van der Waals surface area contributed by atoms with Crippen LogP contribution in [-0.2, 0) is 10.9 Å². The zero-order chi connectivity index (χ0) is 7.56. The molecular weight excluding hydrogens is 152 g/mol. The van der Waals surface area contributed by atoms with Crippen molar-refractivity contribution in [2.75, 3.05) is 20.1 Å². The number of thiol groups is 1. The molecule has 0 amide bonds. The maximum atomic E-state index is 10.4. The average molecular weight is 164 g/mol. The molecule has 0 aromatic carbocycles. The first-order valence-corrected chi connectivity index (χ1v) is 4.43. The fourth-order valence-electron chi connectivity index (χ4n) is 1.13. The maximum Gasteiger partial charge on any atom is 0.203 e. The Kier molecular flexibility index (Phi) is 2.64. The highest BCUT2D eigenvalue weighted by atomic mass is 32.2. The summed E-state index contributed by atoms with van der Waals surface area (Å²) in [7, 11) is -0.487. The molecule has 0 saturated carbocycles. The van der Waals surface area contributed by atoms with Gasteiger partial charge in [0, 0.05) is 19.1 Å². The van der Waals surface area contributed by atoms with E-state index in [1.807, 2.05) is 7.05 Å². The molecule has 0 spiro atoms. The van der Waals surface area contributed by atoms with Gasteiger partial charge < -0.3 is 5.32 Å². The Bertz CT molecular complexity index is 172. The van der Waals surface area contributed by atoms with Crippen molar-refractivity contribution in [2.45, 2.75) is 12.5 Å². The van der Waals surface area contributed by atoms with Crippen molar-refractivity contribution in [1.29, 1.82) is 0 Å². The molecule has 1 saturated heterocycles. The van der Waals surface area contributed by atoms with E-state index in [2.05, 4.69) is 5.32 Å². The summed E-state index contributed by atoms with van der Waals surface area (Å²) in [5.74, 6) is 0. The normalized spacial score (nSPS) is 28.0. The molecule has 5 heteroatoms. The molecular formula is C5H12N2O2S. The molecule has 0 aromatic heterocycles. The maximum absolute atomic E-state index is 10.4. The van der Waals surface area contributed by atoms with E-state index in [4.69, 9.17) is 0 Å². The van der Waals surface area contributed by atoms with Crippen LogP contribution in [0.3, 0.4) is 0 Å². The molecule has 0 radical (unpaired) electrons. The van der Waals surface area contributed by atoms with E-state index < -0.39 is 10.9 Å². The molecule has 0 aromatic rings. The smallest absolute Gasteiger partial charge is 0.203 e. The fourth-order valence-corrected chi connectivity index (χ4v) is 1.73. The molecule has 0 bridgehead atoms. The highest BCUT2D eigenvalue weighted by Crippen LogP contribution is 2.07. The first-order chi connectivity index (χ1) is 4.74. The van der Waals surface area contributed by atoms with E-state index in [0.717, 1.165) is 6.42 Å². The van der Waals surface area contributed by atoms with Gasteiger partial charge in [-0.05, 0) is 13.5 Å². The van der Waals surface area contributed by atoms with Crippen LogP contribution in [0.1, 0.15) is 6.42 Å². The summed E-state index contributed by atoms with van der Waals surface area (Å²) < 4.78 is 22.3. The zero-order valence-corrected chi connectivity index (χ0v) is 6.80. The van der Waals surface area contributed by atoms with E-state index in [0.29, 0.717) is 19.1 Å².